The maximum atomic E-state index is 11.5. The van der Waals surface area contributed by atoms with Gasteiger partial charge in [0, 0.05) is 12.7 Å². The molecule has 0 unspecified atom stereocenters. The summed E-state index contributed by atoms with van der Waals surface area (Å²) in [6.45, 7) is 7.08. The van der Waals surface area contributed by atoms with Crippen molar-refractivity contribution in [2.75, 3.05) is 12.3 Å². The number of rotatable bonds is 3. The van der Waals surface area contributed by atoms with Gasteiger partial charge in [0.1, 0.15) is 6.54 Å². The number of nitrogens with two attached hydrogens (primary N) is 1. The second kappa shape index (κ2) is 4.33. The molecule has 0 spiro atoms. The van der Waals surface area contributed by atoms with Crippen LogP contribution in [0, 0.1) is 5.41 Å². The van der Waals surface area contributed by atoms with Crippen LogP contribution in [0.25, 0.3) is 0 Å². The first-order valence-corrected chi connectivity index (χ1v) is 4.91. The topological polar surface area (TPSA) is 72.9 Å². The van der Waals surface area contributed by atoms with E-state index in [1.54, 1.807) is 6.20 Å². The van der Waals surface area contributed by atoms with Gasteiger partial charge in [-0.25, -0.2) is 0 Å². The lowest BCUT2D eigenvalue weighted by molar-refractivity contribution is -0.122. The first-order valence-electron chi connectivity index (χ1n) is 4.91. The number of carbonyl (C=O) groups is 1. The fourth-order valence-electron chi connectivity index (χ4n) is 1.03. The van der Waals surface area contributed by atoms with Crippen LogP contribution in [0.3, 0.4) is 0 Å². The number of nitrogens with one attached hydrogen (secondary N) is 1. The molecule has 0 radical (unpaired) electrons. The molecule has 0 atom stereocenters. The van der Waals surface area contributed by atoms with E-state index in [0.717, 1.165) is 0 Å². The standard InChI is InChI=1S/C10H18N4O/c1-10(2,3)7-12-9(15)6-14-5-8(11)4-13-14/h4-5H,6-7,11H2,1-3H3,(H,12,15). The highest BCUT2D eigenvalue weighted by Gasteiger charge is 2.12. The third-order valence-electron chi connectivity index (χ3n) is 1.77. The highest BCUT2D eigenvalue weighted by molar-refractivity contribution is 5.75. The van der Waals surface area contributed by atoms with Gasteiger partial charge in [-0.05, 0) is 5.41 Å². The number of aromatic nitrogens is 2. The number of hydrogen-bond donors (Lipinski definition) is 2. The second-order valence-electron chi connectivity index (χ2n) is 4.81. The van der Waals surface area contributed by atoms with E-state index in [0.29, 0.717) is 12.2 Å². The van der Waals surface area contributed by atoms with Crippen LogP contribution in [0.15, 0.2) is 12.4 Å². The van der Waals surface area contributed by atoms with Crippen molar-refractivity contribution < 1.29 is 4.79 Å². The minimum absolute atomic E-state index is 0.0481. The van der Waals surface area contributed by atoms with E-state index in [9.17, 15) is 4.79 Å². The Morgan fingerprint density at radius 3 is 2.73 bits per heavy atom. The molecule has 0 saturated heterocycles. The summed E-state index contributed by atoms with van der Waals surface area (Å²) in [5.74, 6) is -0.0481. The fourth-order valence-corrected chi connectivity index (χ4v) is 1.03. The number of hydrogen-bond acceptors (Lipinski definition) is 3. The van der Waals surface area contributed by atoms with Crippen LogP contribution in [0.5, 0.6) is 0 Å². The molecule has 1 heterocycles. The summed E-state index contributed by atoms with van der Waals surface area (Å²) >= 11 is 0. The van der Waals surface area contributed by atoms with Gasteiger partial charge in [0.2, 0.25) is 5.91 Å². The van der Waals surface area contributed by atoms with E-state index < -0.39 is 0 Å². The Kier molecular flexibility index (Phi) is 3.34. The van der Waals surface area contributed by atoms with Gasteiger partial charge in [-0.2, -0.15) is 5.10 Å². The van der Waals surface area contributed by atoms with Gasteiger partial charge >= 0.3 is 0 Å². The molecule has 1 amide bonds. The normalized spacial score (nSPS) is 11.4. The van der Waals surface area contributed by atoms with Crippen LogP contribution in [0.4, 0.5) is 5.69 Å². The number of nitrogen functional groups attached to an aromatic ring is 1. The fraction of sp³-hybridized carbons (Fsp3) is 0.600. The van der Waals surface area contributed by atoms with Crippen molar-refractivity contribution >= 4 is 11.6 Å². The smallest absolute Gasteiger partial charge is 0.241 e. The van der Waals surface area contributed by atoms with E-state index in [-0.39, 0.29) is 17.9 Å². The molecule has 0 aliphatic rings. The molecule has 1 aromatic rings. The van der Waals surface area contributed by atoms with E-state index >= 15 is 0 Å². The van der Waals surface area contributed by atoms with Crippen molar-refractivity contribution in [3.05, 3.63) is 12.4 Å². The van der Waals surface area contributed by atoms with Gasteiger partial charge in [-0.3, -0.25) is 9.48 Å². The molecule has 1 rings (SSSR count). The molecule has 5 nitrogen and oxygen atoms in total. The lowest BCUT2D eigenvalue weighted by atomic mass is 9.97. The van der Waals surface area contributed by atoms with Gasteiger partial charge in [0.25, 0.3) is 0 Å². The van der Waals surface area contributed by atoms with Gasteiger partial charge < -0.3 is 11.1 Å². The zero-order valence-electron chi connectivity index (χ0n) is 9.45. The average Bonchev–Trinajstić information content (AvgIpc) is 2.47. The van der Waals surface area contributed by atoms with Crippen LogP contribution in [-0.4, -0.2) is 22.2 Å². The lowest BCUT2D eigenvalue weighted by Crippen LogP contribution is -2.34. The largest absolute Gasteiger partial charge is 0.396 e. The maximum Gasteiger partial charge on any atom is 0.241 e. The van der Waals surface area contributed by atoms with Crippen molar-refractivity contribution in [1.82, 2.24) is 15.1 Å². The van der Waals surface area contributed by atoms with Crippen LogP contribution in [0.2, 0.25) is 0 Å². The Morgan fingerprint density at radius 2 is 2.27 bits per heavy atom. The van der Waals surface area contributed by atoms with Crippen molar-refractivity contribution in [3.8, 4) is 0 Å². The molecular formula is C10H18N4O. The van der Waals surface area contributed by atoms with Crippen LogP contribution < -0.4 is 11.1 Å². The summed E-state index contributed by atoms with van der Waals surface area (Å²) in [7, 11) is 0. The summed E-state index contributed by atoms with van der Waals surface area (Å²) in [6, 6.07) is 0. The molecule has 0 fully saturated rings. The lowest BCUT2D eigenvalue weighted by Gasteiger charge is -2.18. The zero-order chi connectivity index (χ0) is 11.5. The molecular weight excluding hydrogens is 192 g/mol. The summed E-state index contributed by atoms with van der Waals surface area (Å²) in [5, 5.41) is 6.77. The third kappa shape index (κ3) is 4.49. The molecule has 0 bridgehead atoms. The van der Waals surface area contributed by atoms with E-state index in [1.807, 2.05) is 0 Å². The summed E-state index contributed by atoms with van der Waals surface area (Å²) in [6.07, 6.45) is 3.16. The summed E-state index contributed by atoms with van der Waals surface area (Å²) in [5.41, 5.74) is 6.15. The number of carbonyl (C=O) groups excluding carboxylic acids is 1. The quantitative estimate of drug-likeness (QED) is 0.768. The number of nitrogens with zero attached hydrogens (tertiary/aromatic N) is 2. The van der Waals surface area contributed by atoms with Crippen LogP contribution in [0.1, 0.15) is 20.8 Å². The Balaban J connectivity index is 2.37. The molecule has 5 heteroatoms. The highest BCUT2D eigenvalue weighted by atomic mass is 16.2. The van der Waals surface area contributed by atoms with Crippen molar-refractivity contribution in [1.29, 1.82) is 0 Å². The summed E-state index contributed by atoms with van der Waals surface area (Å²) in [4.78, 5) is 11.5. The van der Waals surface area contributed by atoms with Crippen molar-refractivity contribution in [2.45, 2.75) is 27.3 Å². The number of amides is 1. The molecule has 0 aromatic carbocycles. The first kappa shape index (κ1) is 11.6. The second-order valence-corrected chi connectivity index (χ2v) is 4.81. The van der Waals surface area contributed by atoms with Gasteiger partial charge in [-0.1, -0.05) is 20.8 Å². The van der Waals surface area contributed by atoms with E-state index in [1.165, 1.54) is 10.9 Å². The van der Waals surface area contributed by atoms with Crippen molar-refractivity contribution in [3.63, 3.8) is 0 Å². The summed E-state index contributed by atoms with van der Waals surface area (Å²) < 4.78 is 1.52. The Bertz CT molecular complexity index is 337. The minimum atomic E-state index is -0.0481. The predicted octanol–water partition coefficient (Wildman–Crippen LogP) is 0.628. The molecule has 0 saturated carbocycles. The third-order valence-corrected chi connectivity index (χ3v) is 1.77. The zero-order valence-corrected chi connectivity index (χ0v) is 9.45. The van der Waals surface area contributed by atoms with Gasteiger partial charge in [0.05, 0.1) is 11.9 Å². The van der Waals surface area contributed by atoms with E-state index in [4.69, 9.17) is 5.73 Å². The number of anilines is 1. The monoisotopic (exact) mass is 210 g/mol. The SMILES string of the molecule is CC(C)(C)CNC(=O)Cn1cc(N)cn1. The Morgan fingerprint density at radius 1 is 1.60 bits per heavy atom. The highest BCUT2D eigenvalue weighted by Crippen LogP contribution is 2.10. The molecule has 0 aliphatic carbocycles. The van der Waals surface area contributed by atoms with Crippen molar-refractivity contribution in [2.24, 2.45) is 5.41 Å². The molecule has 84 valence electrons. The van der Waals surface area contributed by atoms with Gasteiger partial charge in [-0.15, -0.1) is 0 Å². The maximum absolute atomic E-state index is 11.5. The van der Waals surface area contributed by atoms with E-state index in [2.05, 4.69) is 31.2 Å². The Hall–Kier alpha value is -1.52. The molecule has 3 N–H and O–H groups in total. The average molecular weight is 210 g/mol. The molecule has 0 aliphatic heterocycles. The Labute approximate surface area is 89.6 Å². The van der Waals surface area contributed by atoms with Gasteiger partial charge in [0.15, 0.2) is 0 Å². The minimum Gasteiger partial charge on any atom is -0.396 e. The molecule has 15 heavy (non-hydrogen) atoms. The predicted molar refractivity (Wildman–Crippen MR) is 59.1 cm³/mol. The molecule has 1 aromatic heterocycles. The first-order chi connectivity index (χ1) is 6.87. The van der Waals surface area contributed by atoms with Crippen LogP contribution >= 0.6 is 0 Å². The van der Waals surface area contributed by atoms with Crippen LogP contribution in [-0.2, 0) is 11.3 Å².